The molecule has 0 radical (unpaired) electrons. The first-order valence-electron chi connectivity index (χ1n) is 10.2. The van der Waals surface area contributed by atoms with Crippen LogP contribution in [0.3, 0.4) is 0 Å². The standard InChI is InChI=1S/C25H19ClN2O5S2/c1-33-25(30)23-21(15-22(34-23)16-5-3-2-4-6-16)27-24(29)17-7-11-19(12-8-17)28-35(31,32)20-13-9-18(26)10-14-20/h2-15,28H,1H3,(H,27,29). The predicted octanol–water partition coefficient (Wildman–Crippen LogP) is 5.91. The van der Waals surface area contributed by atoms with Gasteiger partial charge in [0.2, 0.25) is 0 Å². The highest BCUT2D eigenvalue weighted by molar-refractivity contribution is 7.92. The van der Waals surface area contributed by atoms with Gasteiger partial charge in [0.25, 0.3) is 15.9 Å². The van der Waals surface area contributed by atoms with Gasteiger partial charge in [-0.1, -0.05) is 41.9 Å². The minimum atomic E-state index is -3.81. The van der Waals surface area contributed by atoms with Gasteiger partial charge in [0.05, 0.1) is 17.7 Å². The molecule has 4 aromatic rings. The van der Waals surface area contributed by atoms with Crippen LogP contribution in [0.25, 0.3) is 10.4 Å². The number of nitrogens with one attached hydrogen (secondary N) is 2. The van der Waals surface area contributed by atoms with Crippen LogP contribution in [0.2, 0.25) is 5.02 Å². The molecule has 3 aromatic carbocycles. The molecule has 0 saturated heterocycles. The third kappa shape index (κ3) is 5.71. The van der Waals surface area contributed by atoms with Crippen molar-refractivity contribution in [2.45, 2.75) is 4.90 Å². The monoisotopic (exact) mass is 526 g/mol. The fourth-order valence-corrected chi connectivity index (χ4v) is 5.41. The first kappa shape index (κ1) is 24.5. The molecule has 1 aromatic heterocycles. The van der Waals surface area contributed by atoms with Crippen molar-refractivity contribution in [1.29, 1.82) is 0 Å². The van der Waals surface area contributed by atoms with E-state index in [2.05, 4.69) is 10.0 Å². The fraction of sp³-hybridized carbons (Fsp3) is 0.0400. The average molecular weight is 527 g/mol. The number of amides is 1. The van der Waals surface area contributed by atoms with E-state index in [0.29, 0.717) is 10.7 Å². The Hall–Kier alpha value is -3.66. The summed E-state index contributed by atoms with van der Waals surface area (Å²) in [5.41, 5.74) is 1.80. The van der Waals surface area contributed by atoms with Gasteiger partial charge in [-0.25, -0.2) is 13.2 Å². The van der Waals surface area contributed by atoms with Crippen molar-refractivity contribution in [3.05, 3.63) is 100 Å². The highest BCUT2D eigenvalue weighted by Crippen LogP contribution is 2.35. The van der Waals surface area contributed by atoms with Crippen molar-refractivity contribution in [1.82, 2.24) is 0 Å². The van der Waals surface area contributed by atoms with E-state index >= 15 is 0 Å². The van der Waals surface area contributed by atoms with Gasteiger partial charge in [0.15, 0.2) is 0 Å². The summed E-state index contributed by atoms with van der Waals surface area (Å²) in [5, 5.41) is 3.18. The largest absolute Gasteiger partial charge is 0.465 e. The first-order chi connectivity index (χ1) is 16.8. The lowest BCUT2D eigenvalue weighted by Crippen LogP contribution is -2.15. The van der Waals surface area contributed by atoms with E-state index in [-0.39, 0.29) is 21.0 Å². The summed E-state index contributed by atoms with van der Waals surface area (Å²) < 4.78 is 32.4. The highest BCUT2D eigenvalue weighted by Gasteiger charge is 2.20. The maximum absolute atomic E-state index is 12.9. The predicted molar refractivity (Wildman–Crippen MR) is 138 cm³/mol. The van der Waals surface area contributed by atoms with E-state index in [9.17, 15) is 18.0 Å². The van der Waals surface area contributed by atoms with Gasteiger partial charge in [0, 0.05) is 21.2 Å². The van der Waals surface area contributed by atoms with Crippen LogP contribution in [-0.2, 0) is 14.8 Å². The number of carbonyl (C=O) groups is 2. The Kier molecular flexibility index (Phi) is 7.20. The molecule has 0 unspecified atom stereocenters. The summed E-state index contributed by atoms with van der Waals surface area (Å²) in [6.45, 7) is 0. The van der Waals surface area contributed by atoms with Crippen LogP contribution in [0.4, 0.5) is 11.4 Å². The minimum Gasteiger partial charge on any atom is -0.465 e. The zero-order valence-corrected chi connectivity index (χ0v) is 20.7. The number of hydrogen-bond donors (Lipinski definition) is 2. The van der Waals surface area contributed by atoms with E-state index < -0.39 is 21.9 Å². The van der Waals surface area contributed by atoms with Gasteiger partial charge >= 0.3 is 5.97 Å². The number of rotatable bonds is 7. The molecular weight excluding hydrogens is 508 g/mol. The number of thiophene rings is 1. The Balaban J connectivity index is 1.52. The van der Waals surface area contributed by atoms with E-state index in [1.54, 1.807) is 6.07 Å². The molecule has 1 heterocycles. The number of ether oxygens (including phenoxy) is 1. The minimum absolute atomic E-state index is 0.0609. The Bertz CT molecular complexity index is 1470. The zero-order valence-electron chi connectivity index (χ0n) is 18.3. The van der Waals surface area contributed by atoms with Crippen LogP contribution in [-0.4, -0.2) is 27.4 Å². The van der Waals surface area contributed by atoms with Crippen LogP contribution in [0.5, 0.6) is 0 Å². The fourth-order valence-electron chi connectivity index (χ4n) is 3.18. The Morgan fingerprint density at radius 1 is 0.914 bits per heavy atom. The van der Waals surface area contributed by atoms with Gasteiger partial charge in [0.1, 0.15) is 4.88 Å². The van der Waals surface area contributed by atoms with Crippen LogP contribution >= 0.6 is 22.9 Å². The van der Waals surface area contributed by atoms with Crippen molar-refractivity contribution in [3.63, 3.8) is 0 Å². The smallest absolute Gasteiger partial charge is 0.350 e. The molecule has 178 valence electrons. The lowest BCUT2D eigenvalue weighted by atomic mass is 10.1. The quantitative estimate of drug-likeness (QED) is 0.291. The number of anilines is 2. The SMILES string of the molecule is COC(=O)c1sc(-c2ccccc2)cc1NC(=O)c1ccc(NS(=O)(=O)c2ccc(Cl)cc2)cc1. The molecule has 0 aliphatic heterocycles. The van der Waals surface area contributed by atoms with Crippen molar-refractivity contribution in [3.8, 4) is 10.4 Å². The number of hydrogen-bond acceptors (Lipinski definition) is 6. The van der Waals surface area contributed by atoms with Crippen LogP contribution in [0.1, 0.15) is 20.0 Å². The number of carbonyl (C=O) groups excluding carboxylic acids is 2. The molecule has 4 rings (SSSR count). The van der Waals surface area contributed by atoms with Crippen molar-refractivity contribution in [2.24, 2.45) is 0 Å². The molecule has 0 atom stereocenters. The molecule has 0 bridgehead atoms. The van der Waals surface area contributed by atoms with Crippen molar-refractivity contribution >= 4 is 56.2 Å². The molecule has 0 fully saturated rings. The van der Waals surface area contributed by atoms with Crippen LogP contribution in [0, 0.1) is 0 Å². The second-order valence-electron chi connectivity index (χ2n) is 7.30. The molecule has 7 nitrogen and oxygen atoms in total. The summed E-state index contributed by atoms with van der Waals surface area (Å²) in [6.07, 6.45) is 0. The molecule has 0 aliphatic carbocycles. The molecule has 10 heteroatoms. The zero-order chi connectivity index (χ0) is 25.0. The summed E-state index contributed by atoms with van der Waals surface area (Å²) in [4.78, 5) is 26.3. The van der Waals surface area contributed by atoms with E-state index in [1.807, 2.05) is 30.3 Å². The summed E-state index contributed by atoms with van der Waals surface area (Å²) in [7, 11) is -2.54. The Morgan fingerprint density at radius 2 is 1.57 bits per heavy atom. The van der Waals surface area contributed by atoms with Crippen molar-refractivity contribution < 1.29 is 22.7 Å². The van der Waals surface area contributed by atoms with Gasteiger partial charge in [-0.05, 0) is 60.2 Å². The second kappa shape index (κ2) is 10.3. The van der Waals surface area contributed by atoms with Gasteiger partial charge in [-0.3, -0.25) is 9.52 Å². The van der Waals surface area contributed by atoms with Gasteiger partial charge < -0.3 is 10.1 Å². The van der Waals surface area contributed by atoms with Gasteiger partial charge in [-0.2, -0.15) is 0 Å². The number of esters is 1. The number of methoxy groups -OCH3 is 1. The van der Waals surface area contributed by atoms with Gasteiger partial charge in [-0.15, -0.1) is 11.3 Å². The molecule has 0 saturated carbocycles. The lowest BCUT2D eigenvalue weighted by molar-refractivity contribution is 0.0607. The molecule has 1 amide bonds. The third-order valence-electron chi connectivity index (χ3n) is 4.93. The average Bonchev–Trinajstić information content (AvgIpc) is 3.28. The van der Waals surface area contributed by atoms with E-state index in [0.717, 1.165) is 10.4 Å². The summed E-state index contributed by atoms with van der Waals surface area (Å²) in [6, 6.07) is 22.9. The van der Waals surface area contributed by atoms with Crippen LogP contribution < -0.4 is 10.0 Å². The second-order valence-corrected chi connectivity index (χ2v) is 10.5. The maximum Gasteiger partial charge on any atom is 0.350 e. The lowest BCUT2D eigenvalue weighted by Gasteiger charge is -2.09. The summed E-state index contributed by atoms with van der Waals surface area (Å²) in [5.74, 6) is -1.01. The summed E-state index contributed by atoms with van der Waals surface area (Å²) >= 11 is 7.03. The molecule has 0 aliphatic rings. The molecular formula is C25H19ClN2O5S2. The van der Waals surface area contributed by atoms with Crippen LogP contribution in [0.15, 0.2) is 89.8 Å². The Morgan fingerprint density at radius 3 is 2.20 bits per heavy atom. The number of halogens is 1. The first-order valence-corrected chi connectivity index (χ1v) is 12.9. The van der Waals surface area contributed by atoms with E-state index in [4.69, 9.17) is 16.3 Å². The number of benzene rings is 3. The molecule has 2 N–H and O–H groups in total. The van der Waals surface area contributed by atoms with E-state index in [1.165, 1.54) is 67.0 Å². The third-order valence-corrected chi connectivity index (χ3v) is 7.75. The normalized spacial score (nSPS) is 11.0. The number of sulfonamides is 1. The Labute approximate surface area is 211 Å². The topological polar surface area (TPSA) is 102 Å². The maximum atomic E-state index is 12.9. The highest BCUT2D eigenvalue weighted by atomic mass is 35.5. The van der Waals surface area contributed by atoms with Crippen molar-refractivity contribution in [2.75, 3.05) is 17.1 Å². The molecule has 35 heavy (non-hydrogen) atoms. The molecule has 0 spiro atoms.